The lowest BCUT2D eigenvalue weighted by Gasteiger charge is -2.26. The van der Waals surface area contributed by atoms with Crippen molar-refractivity contribution in [2.75, 3.05) is 0 Å². The van der Waals surface area contributed by atoms with Crippen molar-refractivity contribution in [3.8, 4) is 16.3 Å². The fourth-order valence-corrected chi connectivity index (χ4v) is 5.97. The van der Waals surface area contributed by atoms with Gasteiger partial charge in [0.2, 0.25) is 0 Å². The van der Waals surface area contributed by atoms with Crippen LogP contribution in [0.4, 0.5) is 13.2 Å². The molecule has 4 nitrogen and oxygen atoms in total. The number of thioether (sulfide) groups is 1. The van der Waals surface area contributed by atoms with Crippen molar-refractivity contribution >= 4 is 29.1 Å². The number of ether oxygens (including phenoxy) is 1. The highest BCUT2D eigenvalue weighted by Gasteiger charge is 2.30. The largest absolute Gasteiger partial charge is 0.490 e. The van der Waals surface area contributed by atoms with Crippen molar-refractivity contribution in [2.24, 2.45) is 0 Å². The summed E-state index contributed by atoms with van der Waals surface area (Å²) in [5, 5.41) is 9.70. The molecule has 0 fully saturated rings. The number of aliphatic carboxylic acids is 1. The summed E-state index contributed by atoms with van der Waals surface area (Å²) in [6.45, 7) is 3.91. The molecule has 2 heterocycles. The summed E-state index contributed by atoms with van der Waals surface area (Å²) >= 11 is 3.18. The topological polar surface area (TPSA) is 59.4 Å². The third kappa shape index (κ3) is 5.52. The summed E-state index contributed by atoms with van der Waals surface area (Å²) in [7, 11) is 0. The standard InChI is InChI=1S/C24H22F3NO3S2/c1-13-9-19-16(5-8-18(31-19)11-22(29)30)10-20(13)32-12-21-14(2)28-23(33-21)15-3-6-17(7-4-15)24(25,26)27/h3-4,6-7,9-10,18H,5,8,11-12H2,1-2H3,(H,29,30). The van der Waals surface area contributed by atoms with E-state index in [2.05, 4.69) is 11.1 Å². The van der Waals surface area contributed by atoms with Crippen molar-refractivity contribution in [2.45, 2.75) is 56.0 Å². The fraction of sp³-hybridized carbons (Fsp3) is 0.333. The van der Waals surface area contributed by atoms with Gasteiger partial charge in [-0.25, -0.2) is 4.98 Å². The van der Waals surface area contributed by atoms with Crippen molar-refractivity contribution in [1.82, 2.24) is 4.98 Å². The zero-order valence-electron chi connectivity index (χ0n) is 18.0. The maximum atomic E-state index is 12.8. The normalized spacial score (nSPS) is 15.7. The molecule has 1 aliphatic rings. The van der Waals surface area contributed by atoms with Crippen LogP contribution in [0.25, 0.3) is 10.6 Å². The molecule has 1 unspecified atom stereocenters. The minimum absolute atomic E-state index is 0.000902. The van der Waals surface area contributed by atoms with Crippen molar-refractivity contribution < 1.29 is 27.8 Å². The molecule has 0 spiro atoms. The second-order valence-corrected chi connectivity index (χ2v) is 10.1. The lowest BCUT2D eigenvalue weighted by Crippen LogP contribution is -2.25. The Hall–Kier alpha value is -2.52. The first-order chi connectivity index (χ1) is 15.6. The zero-order chi connectivity index (χ0) is 23.8. The van der Waals surface area contributed by atoms with Crippen molar-refractivity contribution in [3.05, 3.63) is 63.7 Å². The number of aromatic nitrogens is 1. The van der Waals surface area contributed by atoms with Crippen LogP contribution in [0.15, 0.2) is 41.3 Å². The molecule has 0 radical (unpaired) electrons. The van der Waals surface area contributed by atoms with E-state index in [0.717, 1.165) is 50.9 Å². The molecule has 1 atom stereocenters. The maximum Gasteiger partial charge on any atom is 0.416 e. The van der Waals surface area contributed by atoms with Crippen LogP contribution in [0, 0.1) is 13.8 Å². The average molecular weight is 494 g/mol. The minimum Gasteiger partial charge on any atom is -0.490 e. The van der Waals surface area contributed by atoms with Gasteiger partial charge < -0.3 is 9.84 Å². The number of aryl methyl sites for hydroxylation is 3. The number of thiazole rings is 1. The van der Waals surface area contributed by atoms with Gasteiger partial charge in [0, 0.05) is 21.1 Å². The quantitative estimate of drug-likeness (QED) is 0.378. The predicted molar refractivity (Wildman–Crippen MR) is 123 cm³/mol. The number of carboxylic acids is 1. The second kappa shape index (κ2) is 9.38. The molecule has 3 aromatic rings. The molecule has 1 aromatic heterocycles. The maximum absolute atomic E-state index is 12.8. The van der Waals surface area contributed by atoms with Crippen molar-refractivity contribution in [1.29, 1.82) is 0 Å². The van der Waals surface area contributed by atoms with Gasteiger partial charge in [-0.15, -0.1) is 23.1 Å². The van der Waals surface area contributed by atoms with Gasteiger partial charge in [0.15, 0.2) is 0 Å². The number of hydrogen-bond acceptors (Lipinski definition) is 5. The molecule has 174 valence electrons. The van der Waals surface area contributed by atoms with Crippen molar-refractivity contribution in [3.63, 3.8) is 0 Å². The molecule has 9 heteroatoms. The Morgan fingerprint density at radius 3 is 2.64 bits per heavy atom. The number of benzene rings is 2. The third-order valence-corrected chi connectivity index (χ3v) is 8.07. The van der Waals surface area contributed by atoms with E-state index in [-0.39, 0.29) is 12.5 Å². The highest BCUT2D eigenvalue weighted by Crippen LogP contribution is 2.38. The number of hydrogen-bond donors (Lipinski definition) is 1. The Bertz CT molecular complexity index is 1170. The number of carboxylic acid groups (broad SMARTS) is 1. The summed E-state index contributed by atoms with van der Waals surface area (Å²) in [6.07, 6.45) is -3.19. The van der Waals surface area contributed by atoms with Crippen LogP contribution < -0.4 is 4.74 Å². The third-order valence-electron chi connectivity index (χ3n) is 5.50. The smallest absolute Gasteiger partial charge is 0.416 e. The van der Waals surface area contributed by atoms with Crippen LogP contribution in [-0.4, -0.2) is 22.2 Å². The second-order valence-electron chi connectivity index (χ2n) is 7.99. The first-order valence-corrected chi connectivity index (χ1v) is 12.2. The molecule has 4 rings (SSSR count). The van der Waals surface area contributed by atoms with Crippen LogP contribution in [0.3, 0.4) is 0 Å². The highest BCUT2D eigenvalue weighted by molar-refractivity contribution is 7.98. The first-order valence-electron chi connectivity index (χ1n) is 10.4. The summed E-state index contributed by atoms with van der Waals surface area (Å²) in [4.78, 5) is 17.7. The first kappa shape index (κ1) is 23.6. The van der Waals surface area contributed by atoms with Gasteiger partial charge >= 0.3 is 12.1 Å². The Balaban J connectivity index is 1.46. The van der Waals surface area contributed by atoms with E-state index in [1.54, 1.807) is 11.8 Å². The summed E-state index contributed by atoms with van der Waals surface area (Å²) in [5.41, 5.74) is 3.01. The van der Waals surface area contributed by atoms with Gasteiger partial charge in [-0.05, 0) is 62.1 Å². The molecule has 0 amide bonds. The van der Waals surface area contributed by atoms with Crippen LogP contribution in [0.2, 0.25) is 0 Å². The Morgan fingerprint density at radius 1 is 1.24 bits per heavy atom. The zero-order valence-corrected chi connectivity index (χ0v) is 19.7. The predicted octanol–water partition coefficient (Wildman–Crippen LogP) is 6.91. The van der Waals surface area contributed by atoms with E-state index >= 15 is 0 Å². The molecule has 0 saturated heterocycles. The summed E-state index contributed by atoms with van der Waals surface area (Å²) < 4.78 is 44.3. The van der Waals surface area contributed by atoms with E-state index < -0.39 is 17.7 Å². The van der Waals surface area contributed by atoms with E-state index in [1.807, 2.05) is 19.9 Å². The Labute approximate surface area is 197 Å². The number of carbonyl (C=O) groups is 1. The van der Waals surface area contributed by atoms with Gasteiger partial charge in [0.1, 0.15) is 16.9 Å². The van der Waals surface area contributed by atoms with E-state index in [4.69, 9.17) is 9.84 Å². The van der Waals surface area contributed by atoms with Gasteiger partial charge in [-0.2, -0.15) is 13.2 Å². The van der Waals surface area contributed by atoms with Gasteiger partial charge in [-0.3, -0.25) is 4.79 Å². The molecule has 1 N–H and O–H groups in total. The van der Waals surface area contributed by atoms with Crippen LogP contribution in [0.5, 0.6) is 5.75 Å². The molecular formula is C24H22F3NO3S2. The molecule has 33 heavy (non-hydrogen) atoms. The molecule has 0 aliphatic carbocycles. The van der Waals surface area contributed by atoms with Crippen LogP contribution in [-0.2, 0) is 23.1 Å². The number of nitrogens with zero attached hydrogens (tertiary/aromatic N) is 1. The van der Waals surface area contributed by atoms with Crippen LogP contribution >= 0.6 is 23.1 Å². The van der Waals surface area contributed by atoms with Crippen LogP contribution in [0.1, 0.15) is 40.1 Å². The van der Waals surface area contributed by atoms with E-state index in [0.29, 0.717) is 22.7 Å². The van der Waals surface area contributed by atoms with Gasteiger partial charge in [0.05, 0.1) is 17.7 Å². The van der Waals surface area contributed by atoms with Gasteiger partial charge in [0.25, 0.3) is 0 Å². The van der Waals surface area contributed by atoms with Gasteiger partial charge in [-0.1, -0.05) is 12.1 Å². The van der Waals surface area contributed by atoms with E-state index in [9.17, 15) is 18.0 Å². The number of rotatable bonds is 6. The highest BCUT2D eigenvalue weighted by atomic mass is 32.2. The lowest BCUT2D eigenvalue weighted by molar-refractivity contribution is -0.139. The number of alkyl halides is 3. The monoisotopic (exact) mass is 493 g/mol. The van der Waals surface area contributed by atoms with E-state index in [1.165, 1.54) is 23.5 Å². The number of halogens is 3. The molecule has 1 aliphatic heterocycles. The summed E-state index contributed by atoms with van der Waals surface area (Å²) in [6, 6.07) is 9.17. The Kier molecular flexibility index (Phi) is 6.72. The number of fused-ring (bicyclic) bond motifs is 1. The molecular weight excluding hydrogens is 471 g/mol. The molecule has 0 bridgehead atoms. The summed E-state index contributed by atoms with van der Waals surface area (Å²) in [5.74, 6) is 0.600. The lowest BCUT2D eigenvalue weighted by atomic mass is 9.99. The fourth-order valence-electron chi connectivity index (χ4n) is 3.69. The SMILES string of the molecule is Cc1cc2c(cc1SCc1sc(-c3ccc(C(F)(F)F)cc3)nc1C)CCC(CC(=O)O)O2. The minimum atomic E-state index is -4.35. The molecule has 0 saturated carbocycles. The molecule has 2 aromatic carbocycles. The average Bonchev–Trinajstić information content (AvgIpc) is 3.12. The Morgan fingerprint density at radius 2 is 1.97 bits per heavy atom.